The molecule has 1 aromatic carbocycles. The van der Waals surface area contributed by atoms with Crippen molar-refractivity contribution < 1.29 is 13.9 Å². The fraction of sp³-hybridized carbons (Fsp3) is 0.412. The molecule has 124 valence electrons. The zero-order chi connectivity index (χ0) is 17.0. The van der Waals surface area contributed by atoms with Crippen molar-refractivity contribution in [1.29, 1.82) is 0 Å². The van der Waals surface area contributed by atoms with E-state index in [2.05, 4.69) is 10.4 Å². The zero-order valence-corrected chi connectivity index (χ0v) is 13.8. The van der Waals surface area contributed by atoms with Gasteiger partial charge in [-0.3, -0.25) is 4.68 Å². The summed E-state index contributed by atoms with van der Waals surface area (Å²) < 4.78 is 19.9. The minimum Gasteiger partial charge on any atom is -0.444 e. The van der Waals surface area contributed by atoms with Crippen molar-refractivity contribution in [3.05, 3.63) is 42.3 Å². The largest absolute Gasteiger partial charge is 0.444 e. The lowest BCUT2D eigenvalue weighted by molar-refractivity contribution is 0.0503. The van der Waals surface area contributed by atoms with Crippen LogP contribution in [0.2, 0.25) is 0 Å². The monoisotopic (exact) mass is 319 g/mol. The summed E-state index contributed by atoms with van der Waals surface area (Å²) >= 11 is 0. The molecule has 2 rings (SSSR count). The van der Waals surface area contributed by atoms with E-state index in [0.29, 0.717) is 6.54 Å². The first-order valence-corrected chi connectivity index (χ1v) is 7.52. The second kappa shape index (κ2) is 6.81. The van der Waals surface area contributed by atoms with Crippen LogP contribution in [0.25, 0.3) is 11.3 Å². The lowest BCUT2D eigenvalue weighted by Crippen LogP contribution is -2.39. The minimum atomic E-state index is -0.523. The molecule has 23 heavy (non-hydrogen) atoms. The molecule has 1 heterocycles. The van der Waals surface area contributed by atoms with Crippen LogP contribution in [0.1, 0.15) is 27.7 Å². The number of nitrogens with one attached hydrogen (secondary N) is 1. The standard InChI is InChI=1S/C17H22FN3O2/c1-12(19-16(22)23-17(2,3)4)11-21-10-9-15(20-21)13-5-7-14(18)8-6-13/h5-10,12H,11H2,1-4H3,(H,19,22)/t12-/m1/s1. The topological polar surface area (TPSA) is 56.2 Å². The zero-order valence-electron chi connectivity index (χ0n) is 13.8. The van der Waals surface area contributed by atoms with E-state index in [1.165, 1.54) is 12.1 Å². The molecule has 0 spiro atoms. The highest BCUT2D eigenvalue weighted by Crippen LogP contribution is 2.17. The molecular weight excluding hydrogens is 297 g/mol. The molecule has 0 saturated carbocycles. The highest BCUT2D eigenvalue weighted by molar-refractivity contribution is 5.68. The number of aromatic nitrogens is 2. The number of ether oxygens (including phenoxy) is 1. The van der Waals surface area contributed by atoms with Crippen LogP contribution in [0, 0.1) is 5.82 Å². The van der Waals surface area contributed by atoms with E-state index in [4.69, 9.17) is 4.74 Å². The van der Waals surface area contributed by atoms with Gasteiger partial charge in [0, 0.05) is 17.8 Å². The Bertz CT molecular complexity index is 659. The number of rotatable bonds is 4. The number of alkyl carbamates (subject to hydrolysis) is 1. The highest BCUT2D eigenvalue weighted by atomic mass is 19.1. The molecule has 0 radical (unpaired) electrons. The Morgan fingerprint density at radius 3 is 2.57 bits per heavy atom. The Balaban J connectivity index is 1.93. The van der Waals surface area contributed by atoms with E-state index in [-0.39, 0.29) is 11.9 Å². The predicted octanol–water partition coefficient (Wildman–Crippen LogP) is 3.60. The normalized spacial score (nSPS) is 12.7. The molecule has 0 unspecified atom stereocenters. The Morgan fingerprint density at radius 1 is 1.30 bits per heavy atom. The van der Waals surface area contributed by atoms with E-state index < -0.39 is 11.7 Å². The molecule has 2 aromatic rings. The van der Waals surface area contributed by atoms with Crippen LogP contribution in [0.3, 0.4) is 0 Å². The SMILES string of the molecule is C[C@H](Cn1ccc(-c2ccc(F)cc2)n1)NC(=O)OC(C)(C)C. The van der Waals surface area contributed by atoms with Gasteiger partial charge in [-0.15, -0.1) is 0 Å². The maximum absolute atomic E-state index is 12.9. The second-order valence-electron chi connectivity index (χ2n) is 6.48. The highest BCUT2D eigenvalue weighted by Gasteiger charge is 2.18. The van der Waals surface area contributed by atoms with Gasteiger partial charge >= 0.3 is 6.09 Å². The van der Waals surface area contributed by atoms with E-state index in [0.717, 1.165) is 11.3 Å². The van der Waals surface area contributed by atoms with Gasteiger partial charge in [0.15, 0.2) is 0 Å². The minimum absolute atomic E-state index is 0.134. The van der Waals surface area contributed by atoms with E-state index in [9.17, 15) is 9.18 Å². The van der Waals surface area contributed by atoms with Gasteiger partial charge in [-0.1, -0.05) is 0 Å². The van der Waals surface area contributed by atoms with Crippen molar-refractivity contribution in [3.63, 3.8) is 0 Å². The summed E-state index contributed by atoms with van der Waals surface area (Å²) in [5.41, 5.74) is 1.08. The molecule has 0 aliphatic rings. The van der Waals surface area contributed by atoms with Crippen molar-refractivity contribution in [2.24, 2.45) is 0 Å². The second-order valence-corrected chi connectivity index (χ2v) is 6.48. The van der Waals surface area contributed by atoms with E-state index >= 15 is 0 Å². The lowest BCUT2D eigenvalue weighted by Gasteiger charge is -2.21. The Kier molecular flexibility index (Phi) is 5.03. The van der Waals surface area contributed by atoms with Gasteiger partial charge in [-0.05, 0) is 58.0 Å². The van der Waals surface area contributed by atoms with Crippen LogP contribution in [0.4, 0.5) is 9.18 Å². The van der Waals surface area contributed by atoms with Crippen LogP contribution in [-0.4, -0.2) is 27.5 Å². The van der Waals surface area contributed by atoms with Gasteiger partial charge in [0.1, 0.15) is 11.4 Å². The molecule has 6 heteroatoms. The third-order valence-corrected chi connectivity index (χ3v) is 3.00. The fourth-order valence-corrected chi connectivity index (χ4v) is 2.07. The molecule has 1 atom stereocenters. The summed E-state index contributed by atoms with van der Waals surface area (Å²) in [6.07, 6.45) is 1.38. The number of halogens is 1. The summed E-state index contributed by atoms with van der Waals surface area (Å²) in [6.45, 7) is 7.85. The van der Waals surface area contributed by atoms with Gasteiger partial charge in [0.2, 0.25) is 0 Å². The van der Waals surface area contributed by atoms with Crippen molar-refractivity contribution >= 4 is 6.09 Å². The lowest BCUT2D eigenvalue weighted by atomic mass is 10.1. The number of hydrogen-bond acceptors (Lipinski definition) is 3. The molecule has 0 aliphatic carbocycles. The number of amides is 1. The van der Waals surface area contributed by atoms with Crippen LogP contribution < -0.4 is 5.32 Å². The first-order valence-electron chi connectivity index (χ1n) is 7.52. The maximum Gasteiger partial charge on any atom is 0.407 e. The number of hydrogen-bond donors (Lipinski definition) is 1. The average Bonchev–Trinajstić information content (AvgIpc) is 2.85. The third-order valence-electron chi connectivity index (χ3n) is 3.00. The molecule has 1 aromatic heterocycles. The van der Waals surface area contributed by atoms with E-state index in [1.807, 2.05) is 40.0 Å². The van der Waals surface area contributed by atoms with Gasteiger partial charge < -0.3 is 10.1 Å². The predicted molar refractivity (Wildman–Crippen MR) is 86.5 cm³/mol. The van der Waals surface area contributed by atoms with Gasteiger partial charge in [0.05, 0.1) is 12.2 Å². The first-order chi connectivity index (χ1) is 10.7. The summed E-state index contributed by atoms with van der Waals surface area (Å²) in [6, 6.07) is 7.90. The Hall–Kier alpha value is -2.37. The van der Waals surface area contributed by atoms with Gasteiger partial charge in [0.25, 0.3) is 0 Å². The third kappa shape index (κ3) is 5.39. The molecule has 0 bridgehead atoms. The van der Waals surface area contributed by atoms with Crippen molar-refractivity contribution in [2.45, 2.75) is 45.9 Å². The van der Waals surface area contributed by atoms with Crippen LogP contribution in [-0.2, 0) is 11.3 Å². The number of nitrogens with zero attached hydrogens (tertiary/aromatic N) is 2. The average molecular weight is 319 g/mol. The Labute approximate surface area is 135 Å². The van der Waals surface area contributed by atoms with Gasteiger partial charge in [-0.25, -0.2) is 9.18 Å². The Morgan fingerprint density at radius 2 is 1.96 bits per heavy atom. The summed E-state index contributed by atoms with van der Waals surface area (Å²) in [7, 11) is 0. The molecular formula is C17H22FN3O2. The quantitative estimate of drug-likeness (QED) is 0.936. The van der Waals surface area contributed by atoms with Crippen molar-refractivity contribution in [1.82, 2.24) is 15.1 Å². The summed E-state index contributed by atoms with van der Waals surface area (Å²) in [4.78, 5) is 11.7. The van der Waals surface area contributed by atoms with Crippen LogP contribution in [0.15, 0.2) is 36.5 Å². The molecule has 0 saturated heterocycles. The fourth-order valence-electron chi connectivity index (χ4n) is 2.07. The van der Waals surface area contributed by atoms with Crippen molar-refractivity contribution in [3.8, 4) is 11.3 Å². The molecule has 1 amide bonds. The molecule has 1 N–H and O–H groups in total. The molecule has 0 fully saturated rings. The van der Waals surface area contributed by atoms with E-state index in [1.54, 1.807) is 16.8 Å². The first kappa shape index (κ1) is 17.0. The number of carbonyl (C=O) groups is 1. The molecule has 5 nitrogen and oxygen atoms in total. The van der Waals surface area contributed by atoms with Crippen molar-refractivity contribution in [2.75, 3.05) is 0 Å². The maximum atomic E-state index is 12.9. The number of benzene rings is 1. The van der Waals surface area contributed by atoms with Gasteiger partial charge in [-0.2, -0.15) is 5.10 Å². The summed E-state index contributed by atoms with van der Waals surface area (Å²) in [5, 5.41) is 7.20. The van der Waals surface area contributed by atoms with Crippen LogP contribution >= 0.6 is 0 Å². The number of carbonyl (C=O) groups excluding carboxylic acids is 1. The smallest absolute Gasteiger partial charge is 0.407 e. The van der Waals surface area contributed by atoms with Crippen LogP contribution in [0.5, 0.6) is 0 Å². The summed E-state index contributed by atoms with van der Waals surface area (Å²) in [5.74, 6) is -0.275. The molecule has 0 aliphatic heterocycles.